The fourth-order valence-corrected chi connectivity index (χ4v) is 2.79. The van der Waals surface area contributed by atoms with Crippen molar-refractivity contribution in [1.29, 1.82) is 0 Å². The number of rotatable bonds is 4. The molecular formula is C18H20N2O. The Balaban J connectivity index is 1.77. The minimum atomic E-state index is -0.221. The van der Waals surface area contributed by atoms with Crippen LogP contribution < -0.4 is 5.32 Å². The zero-order chi connectivity index (χ0) is 14.5. The monoisotopic (exact) mass is 280 g/mol. The van der Waals surface area contributed by atoms with Crippen LogP contribution in [-0.2, 0) is 6.54 Å². The first-order chi connectivity index (χ1) is 10.3. The van der Waals surface area contributed by atoms with Gasteiger partial charge in [0.2, 0.25) is 0 Å². The predicted molar refractivity (Wildman–Crippen MR) is 84.0 cm³/mol. The second kappa shape index (κ2) is 6.66. The summed E-state index contributed by atoms with van der Waals surface area (Å²) in [6, 6.07) is 19.9. The van der Waals surface area contributed by atoms with Gasteiger partial charge in [-0.3, -0.25) is 15.0 Å². The Morgan fingerprint density at radius 1 is 1.05 bits per heavy atom. The molecule has 1 fully saturated rings. The Bertz CT molecular complexity index is 583. The van der Waals surface area contributed by atoms with Crippen LogP contribution in [0.15, 0.2) is 60.7 Å². The third-order valence-electron chi connectivity index (χ3n) is 3.86. The zero-order valence-corrected chi connectivity index (χ0v) is 12.0. The van der Waals surface area contributed by atoms with Gasteiger partial charge in [0.15, 0.2) is 5.78 Å². The summed E-state index contributed by atoms with van der Waals surface area (Å²) in [4.78, 5) is 14.9. The van der Waals surface area contributed by atoms with Crippen LogP contribution in [-0.4, -0.2) is 29.9 Å². The molecule has 0 spiro atoms. The number of nitrogens with zero attached hydrogens (tertiary/aromatic N) is 1. The van der Waals surface area contributed by atoms with E-state index in [-0.39, 0.29) is 11.9 Å². The number of Topliss-reactive ketones (excluding diaryl/α,β-unsaturated/α-hetero) is 1. The maximum Gasteiger partial charge on any atom is 0.194 e. The van der Waals surface area contributed by atoms with Gasteiger partial charge in [-0.25, -0.2) is 0 Å². The zero-order valence-electron chi connectivity index (χ0n) is 12.0. The number of hydrogen-bond acceptors (Lipinski definition) is 3. The van der Waals surface area contributed by atoms with E-state index < -0.39 is 0 Å². The van der Waals surface area contributed by atoms with Gasteiger partial charge in [0.25, 0.3) is 0 Å². The maximum atomic E-state index is 12.7. The topological polar surface area (TPSA) is 32.3 Å². The van der Waals surface area contributed by atoms with Gasteiger partial charge in [0, 0.05) is 18.7 Å². The minimum absolute atomic E-state index is 0.159. The summed E-state index contributed by atoms with van der Waals surface area (Å²) in [5.41, 5.74) is 2.02. The number of benzene rings is 2. The molecule has 0 aromatic heterocycles. The van der Waals surface area contributed by atoms with Gasteiger partial charge in [-0.2, -0.15) is 0 Å². The number of hydrogen-bond donors (Lipinski definition) is 1. The number of ketones is 1. The molecule has 3 nitrogen and oxygen atoms in total. The summed E-state index contributed by atoms with van der Waals surface area (Å²) < 4.78 is 0. The van der Waals surface area contributed by atoms with Gasteiger partial charge in [-0.1, -0.05) is 60.7 Å². The standard InChI is InChI=1S/C18H20N2O/c21-17(16-10-5-2-6-11-16)18-19-12-7-13-20(18)14-15-8-3-1-4-9-15/h1-6,8-11,18-19H,7,12-14H2. The van der Waals surface area contributed by atoms with Crippen molar-refractivity contribution in [3.05, 3.63) is 71.8 Å². The maximum absolute atomic E-state index is 12.7. The smallest absolute Gasteiger partial charge is 0.194 e. The van der Waals surface area contributed by atoms with Gasteiger partial charge in [-0.15, -0.1) is 0 Å². The van der Waals surface area contributed by atoms with E-state index in [1.807, 2.05) is 48.5 Å². The van der Waals surface area contributed by atoms with Crippen molar-refractivity contribution in [2.75, 3.05) is 13.1 Å². The second-order valence-corrected chi connectivity index (χ2v) is 5.40. The van der Waals surface area contributed by atoms with E-state index in [9.17, 15) is 4.79 Å². The van der Waals surface area contributed by atoms with Crippen molar-refractivity contribution in [2.45, 2.75) is 19.1 Å². The molecule has 1 atom stereocenters. The van der Waals surface area contributed by atoms with Crippen molar-refractivity contribution >= 4 is 5.78 Å². The molecule has 0 radical (unpaired) electrons. The predicted octanol–water partition coefficient (Wildman–Crippen LogP) is 2.69. The lowest BCUT2D eigenvalue weighted by molar-refractivity contribution is 0.0681. The second-order valence-electron chi connectivity index (χ2n) is 5.40. The van der Waals surface area contributed by atoms with E-state index >= 15 is 0 Å². The molecule has 0 amide bonds. The molecule has 1 saturated heterocycles. The van der Waals surface area contributed by atoms with E-state index in [0.29, 0.717) is 0 Å². The fraction of sp³-hybridized carbons (Fsp3) is 0.278. The Morgan fingerprint density at radius 2 is 1.71 bits per heavy atom. The summed E-state index contributed by atoms with van der Waals surface area (Å²) in [5.74, 6) is 0.159. The van der Waals surface area contributed by atoms with E-state index in [1.54, 1.807) is 0 Å². The van der Waals surface area contributed by atoms with Crippen LogP contribution in [0.3, 0.4) is 0 Å². The first-order valence-electron chi connectivity index (χ1n) is 7.45. The summed E-state index contributed by atoms with van der Waals surface area (Å²) >= 11 is 0. The highest BCUT2D eigenvalue weighted by molar-refractivity contribution is 5.99. The van der Waals surface area contributed by atoms with E-state index in [0.717, 1.165) is 31.6 Å². The molecule has 3 heteroatoms. The summed E-state index contributed by atoms with van der Waals surface area (Å²) in [5, 5.41) is 3.36. The lowest BCUT2D eigenvalue weighted by Crippen LogP contribution is -2.55. The molecule has 108 valence electrons. The molecule has 1 heterocycles. The largest absolute Gasteiger partial charge is 0.295 e. The Hall–Kier alpha value is -1.97. The van der Waals surface area contributed by atoms with Crippen molar-refractivity contribution in [2.24, 2.45) is 0 Å². The Labute approximate surface area is 125 Å². The van der Waals surface area contributed by atoms with Crippen LogP contribution in [0.1, 0.15) is 22.3 Å². The molecule has 1 aliphatic rings. The Morgan fingerprint density at radius 3 is 2.43 bits per heavy atom. The third-order valence-corrected chi connectivity index (χ3v) is 3.86. The van der Waals surface area contributed by atoms with E-state index in [2.05, 4.69) is 22.3 Å². The number of carbonyl (C=O) groups excluding carboxylic acids is 1. The lowest BCUT2D eigenvalue weighted by Gasteiger charge is -2.35. The molecular weight excluding hydrogens is 260 g/mol. The average Bonchev–Trinajstić information content (AvgIpc) is 2.56. The molecule has 1 unspecified atom stereocenters. The summed E-state index contributed by atoms with van der Waals surface area (Å²) in [7, 11) is 0. The molecule has 0 aliphatic carbocycles. The van der Waals surface area contributed by atoms with Crippen LogP contribution >= 0.6 is 0 Å². The number of nitrogens with one attached hydrogen (secondary N) is 1. The highest BCUT2D eigenvalue weighted by Crippen LogP contribution is 2.15. The van der Waals surface area contributed by atoms with Gasteiger partial charge < -0.3 is 0 Å². The van der Waals surface area contributed by atoms with Crippen molar-refractivity contribution < 1.29 is 4.79 Å². The highest BCUT2D eigenvalue weighted by atomic mass is 16.1. The summed E-state index contributed by atoms with van der Waals surface area (Å²) in [6.07, 6.45) is 0.854. The normalized spacial score (nSPS) is 19.3. The van der Waals surface area contributed by atoms with Crippen molar-refractivity contribution in [1.82, 2.24) is 10.2 Å². The van der Waals surface area contributed by atoms with Crippen LogP contribution in [0.4, 0.5) is 0 Å². The van der Waals surface area contributed by atoms with Crippen molar-refractivity contribution in [3.8, 4) is 0 Å². The molecule has 0 bridgehead atoms. The lowest BCUT2D eigenvalue weighted by atomic mass is 10.1. The van der Waals surface area contributed by atoms with Gasteiger partial charge in [-0.05, 0) is 18.5 Å². The van der Waals surface area contributed by atoms with Crippen LogP contribution in [0.2, 0.25) is 0 Å². The molecule has 1 N–H and O–H groups in total. The average molecular weight is 280 g/mol. The fourth-order valence-electron chi connectivity index (χ4n) is 2.79. The van der Waals surface area contributed by atoms with E-state index in [1.165, 1.54) is 5.56 Å². The van der Waals surface area contributed by atoms with Gasteiger partial charge in [0.1, 0.15) is 6.17 Å². The Kier molecular flexibility index (Phi) is 4.43. The molecule has 0 saturated carbocycles. The molecule has 21 heavy (non-hydrogen) atoms. The van der Waals surface area contributed by atoms with Crippen LogP contribution in [0.5, 0.6) is 0 Å². The van der Waals surface area contributed by atoms with Crippen LogP contribution in [0, 0.1) is 0 Å². The first kappa shape index (κ1) is 14.0. The molecule has 3 rings (SSSR count). The first-order valence-corrected chi connectivity index (χ1v) is 7.45. The van der Waals surface area contributed by atoms with Gasteiger partial charge >= 0.3 is 0 Å². The SMILES string of the molecule is O=C(c1ccccc1)C1NCCCN1Cc1ccccc1. The molecule has 1 aliphatic heterocycles. The quantitative estimate of drug-likeness (QED) is 0.874. The van der Waals surface area contributed by atoms with Crippen LogP contribution in [0.25, 0.3) is 0 Å². The molecule has 2 aromatic rings. The minimum Gasteiger partial charge on any atom is -0.295 e. The summed E-state index contributed by atoms with van der Waals surface area (Å²) in [6.45, 7) is 2.65. The van der Waals surface area contributed by atoms with Gasteiger partial charge in [0.05, 0.1) is 0 Å². The number of carbonyl (C=O) groups is 1. The highest BCUT2D eigenvalue weighted by Gasteiger charge is 2.28. The third kappa shape index (κ3) is 3.38. The van der Waals surface area contributed by atoms with E-state index in [4.69, 9.17) is 0 Å². The van der Waals surface area contributed by atoms with Crippen molar-refractivity contribution in [3.63, 3.8) is 0 Å². The molecule has 2 aromatic carbocycles.